The van der Waals surface area contributed by atoms with E-state index in [9.17, 15) is 0 Å². The third-order valence-electron chi connectivity index (χ3n) is 7.01. The maximum atomic E-state index is 3.09. The lowest BCUT2D eigenvalue weighted by Gasteiger charge is -2.13. The van der Waals surface area contributed by atoms with Crippen molar-refractivity contribution in [1.29, 1.82) is 0 Å². The Kier molecular flexibility index (Phi) is 37.9. The van der Waals surface area contributed by atoms with E-state index in [1.54, 1.807) is 22.3 Å². The Morgan fingerprint density at radius 2 is 0.952 bits per heavy atom. The van der Waals surface area contributed by atoms with Crippen molar-refractivity contribution in [2.24, 2.45) is 53.3 Å². The normalized spacial score (nSPS) is 13.6. The van der Waals surface area contributed by atoms with Gasteiger partial charge in [0.1, 0.15) is 0 Å². The molecule has 0 unspecified atom stereocenters. The summed E-state index contributed by atoms with van der Waals surface area (Å²) in [4.78, 5) is 0. The Morgan fingerprint density at radius 1 is 0.595 bits per heavy atom. The van der Waals surface area contributed by atoms with Crippen molar-refractivity contribution in [2.75, 3.05) is 0 Å². The summed E-state index contributed by atoms with van der Waals surface area (Å²) < 4.78 is 0. The average Bonchev–Trinajstić information content (AvgIpc) is 3.64. The molecule has 1 rings (SSSR count). The first kappa shape index (κ1) is 53.3. The summed E-state index contributed by atoms with van der Waals surface area (Å²) in [6.45, 7) is 42.3. The third kappa shape index (κ3) is 33.3. The van der Waals surface area contributed by atoms with Gasteiger partial charge >= 0.3 is 0 Å². The Morgan fingerprint density at radius 3 is 1.10 bits per heavy atom. The van der Waals surface area contributed by atoms with Crippen LogP contribution in [0.3, 0.4) is 0 Å². The van der Waals surface area contributed by atoms with Gasteiger partial charge in [-0.05, 0) is 81.5 Å². The molecular formula is C42H86. The van der Waals surface area contributed by atoms with Gasteiger partial charge in [0.05, 0.1) is 0 Å². The second-order valence-electron chi connectivity index (χ2n) is 14.2. The molecule has 1 saturated carbocycles. The highest BCUT2D eigenvalue weighted by molar-refractivity contribution is 5.15. The second kappa shape index (κ2) is 29.8. The summed E-state index contributed by atoms with van der Waals surface area (Å²) >= 11 is 0. The molecule has 0 atom stereocenters. The first-order valence-corrected chi connectivity index (χ1v) is 16.3. The first-order valence-electron chi connectivity index (χ1n) is 16.3. The van der Waals surface area contributed by atoms with E-state index in [1.807, 2.05) is 0 Å². The fourth-order valence-electron chi connectivity index (χ4n) is 4.00. The van der Waals surface area contributed by atoms with Crippen molar-refractivity contribution < 1.29 is 0 Å². The highest BCUT2D eigenvalue weighted by Crippen LogP contribution is 2.40. The van der Waals surface area contributed by atoms with Crippen LogP contribution in [0.15, 0.2) is 34.4 Å². The predicted molar refractivity (Wildman–Crippen MR) is 204 cm³/mol. The zero-order valence-electron chi connectivity index (χ0n) is 30.5. The predicted octanol–water partition coefficient (Wildman–Crippen LogP) is 15.1. The SMILES string of the molecule is C.C.C.C/C(=C(/C)C(C)C)C(C)C.C/C=C(\CC(C)C)C(C)C.CC(C)/C=C(/C(C)C)C1CC1.CC(C)C#CC(C)C. The van der Waals surface area contributed by atoms with Crippen molar-refractivity contribution in [3.63, 3.8) is 0 Å². The van der Waals surface area contributed by atoms with Crippen molar-refractivity contribution in [1.82, 2.24) is 0 Å². The molecule has 42 heavy (non-hydrogen) atoms. The van der Waals surface area contributed by atoms with Crippen LogP contribution in [0.25, 0.3) is 0 Å². The lowest BCUT2D eigenvalue weighted by atomic mass is 9.93. The highest BCUT2D eigenvalue weighted by Gasteiger charge is 2.27. The van der Waals surface area contributed by atoms with E-state index in [2.05, 4.69) is 156 Å². The molecule has 0 aromatic carbocycles. The molecule has 0 radical (unpaired) electrons. The number of hydrogen-bond donors (Lipinski definition) is 0. The van der Waals surface area contributed by atoms with Crippen molar-refractivity contribution in [3.05, 3.63) is 34.4 Å². The van der Waals surface area contributed by atoms with E-state index in [0.29, 0.717) is 23.7 Å². The van der Waals surface area contributed by atoms with Gasteiger partial charge in [0, 0.05) is 11.8 Å². The summed E-state index contributed by atoms with van der Waals surface area (Å²) in [5, 5.41) is 0. The van der Waals surface area contributed by atoms with Gasteiger partial charge in [-0.1, -0.05) is 168 Å². The van der Waals surface area contributed by atoms with E-state index in [1.165, 1.54) is 19.3 Å². The standard InChI is InChI=1S/C11H20.2C10H20.C8H14.3CH4/c1-8(2)7-11(9(3)4)10-5-6-10;1-7(2)9(5)10(6)8(3)4;1-6-10(9(4)5)7-8(2)3;1-7(2)5-6-8(3)4;;;/h7-10H,5-6H2,1-4H3;7-8H,1-6H3;6,8-9H,7H2,1-5H3;7-8H,1-4H3;3*1H4/b11-7-;10-9+;10-6+;;;;. The second-order valence-corrected chi connectivity index (χ2v) is 14.2. The molecule has 0 saturated heterocycles. The van der Waals surface area contributed by atoms with Crippen LogP contribution in [0.4, 0.5) is 0 Å². The van der Waals surface area contributed by atoms with E-state index >= 15 is 0 Å². The molecule has 0 bridgehead atoms. The number of allylic oxidation sites excluding steroid dienone is 6. The van der Waals surface area contributed by atoms with Crippen LogP contribution >= 0.6 is 0 Å². The Hall–Kier alpha value is -1.22. The summed E-state index contributed by atoms with van der Waals surface area (Å²) in [5.41, 5.74) is 6.40. The van der Waals surface area contributed by atoms with Crippen LogP contribution in [-0.2, 0) is 0 Å². The summed E-state index contributed by atoms with van der Waals surface area (Å²) in [6.07, 6.45) is 8.86. The molecule has 0 spiro atoms. The van der Waals surface area contributed by atoms with Crippen molar-refractivity contribution >= 4 is 0 Å². The number of hydrogen-bond acceptors (Lipinski definition) is 0. The lowest BCUT2D eigenvalue weighted by Crippen LogP contribution is -1.98. The molecule has 0 heterocycles. The Balaban J connectivity index is -0.000000101. The molecule has 0 aliphatic heterocycles. The van der Waals surface area contributed by atoms with Crippen LogP contribution in [0, 0.1) is 65.1 Å². The van der Waals surface area contributed by atoms with Crippen LogP contribution in [0.2, 0.25) is 0 Å². The molecule has 0 amide bonds. The zero-order chi connectivity index (χ0) is 31.5. The van der Waals surface area contributed by atoms with Crippen LogP contribution in [-0.4, -0.2) is 0 Å². The highest BCUT2D eigenvalue weighted by atomic mass is 14.3. The fraction of sp³-hybridized carbons (Fsp3) is 0.810. The minimum absolute atomic E-state index is 0. The molecule has 1 fully saturated rings. The summed E-state index contributed by atoms with van der Waals surface area (Å²) in [5.74, 6) is 12.6. The summed E-state index contributed by atoms with van der Waals surface area (Å²) in [7, 11) is 0. The maximum Gasteiger partial charge on any atom is 0.0146 e. The first-order chi connectivity index (χ1) is 17.8. The van der Waals surface area contributed by atoms with Crippen molar-refractivity contribution in [2.45, 2.75) is 173 Å². The molecule has 0 aromatic heterocycles. The van der Waals surface area contributed by atoms with Gasteiger partial charge < -0.3 is 0 Å². The molecule has 0 heteroatoms. The monoisotopic (exact) mass is 591 g/mol. The molecule has 0 N–H and O–H groups in total. The Labute approximate surface area is 272 Å². The van der Waals surface area contributed by atoms with Gasteiger partial charge in [-0.25, -0.2) is 0 Å². The number of rotatable bonds is 8. The topological polar surface area (TPSA) is 0 Å². The largest absolute Gasteiger partial charge is 0.100 e. The van der Waals surface area contributed by atoms with E-state index < -0.39 is 0 Å². The van der Waals surface area contributed by atoms with Crippen molar-refractivity contribution in [3.8, 4) is 11.8 Å². The van der Waals surface area contributed by atoms with Gasteiger partial charge in [0.2, 0.25) is 0 Å². The maximum absolute atomic E-state index is 3.09. The smallest absolute Gasteiger partial charge is 0.0146 e. The molecule has 0 nitrogen and oxygen atoms in total. The minimum Gasteiger partial charge on any atom is -0.100 e. The minimum atomic E-state index is 0. The Bertz CT molecular complexity index is 712. The quantitative estimate of drug-likeness (QED) is 0.195. The van der Waals surface area contributed by atoms with Crippen LogP contribution < -0.4 is 0 Å². The van der Waals surface area contributed by atoms with Gasteiger partial charge in [-0.3, -0.25) is 0 Å². The molecule has 254 valence electrons. The van der Waals surface area contributed by atoms with E-state index in [4.69, 9.17) is 0 Å². The van der Waals surface area contributed by atoms with Gasteiger partial charge in [-0.2, -0.15) is 0 Å². The van der Waals surface area contributed by atoms with E-state index in [0.717, 1.165) is 29.6 Å². The van der Waals surface area contributed by atoms with Gasteiger partial charge in [0.15, 0.2) is 0 Å². The molecule has 0 aromatic rings. The van der Waals surface area contributed by atoms with E-state index in [-0.39, 0.29) is 22.3 Å². The van der Waals surface area contributed by atoms with Crippen LogP contribution in [0.1, 0.15) is 173 Å². The zero-order valence-corrected chi connectivity index (χ0v) is 30.5. The third-order valence-corrected chi connectivity index (χ3v) is 7.01. The van der Waals surface area contributed by atoms with Gasteiger partial charge in [0.25, 0.3) is 0 Å². The molecule has 1 aliphatic rings. The average molecular weight is 591 g/mol. The van der Waals surface area contributed by atoms with Gasteiger partial charge in [-0.15, -0.1) is 11.8 Å². The fourth-order valence-corrected chi connectivity index (χ4v) is 4.00. The molecular weight excluding hydrogens is 504 g/mol. The lowest BCUT2D eigenvalue weighted by molar-refractivity contribution is 0.586. The molecule has 1 aliphatic carbocycles. The van der Waals surface area contributed by atoms with Crippen LogP contribution in [0.5, 0.6) is 0 Å². The summed E-state index contributed by atoms with van der Waals surface area (Å²) in [6, 6.07) is 0.